The molecule has 0 amide bonds. The molecule has 2 aromatic rings. The molecule has 0 saturated heterocycles. The van der Waals surface area contributed by atoms with E-state index in [2.05, 4.69) is 24.4 Å². The lowest BCUT2D eigenvalue weighted by molar-refractivity contribution is 0.333. The van der Waals surface area contributed by atoms with Gasteiger partial charge in [-0.3, -0.25) is 0 Å². The molecule has 4 heteroatoms. The van der Waals surface area contributed by atoms with Crippen molar-refractivity contribution in [2.75, 3.05) is 18.5 Å². The van der Waals surface area contributed by atoms with Crippen molar-refractivity contribution in [3.63, 3.8) is 0 Å². The number of nitrogens with one attached hydrogen (secondary N) is 1. The largest absolute Gasteiger partial charge is 0.492 e. The van der Waals surface area contributed by atoms with Crippen LogP contribution in [0.4, 0.5) is 5.69 Å². The number of aryl methyl sites for hydroxylation is 1. The summed E-state index contributed by atoms with van der Waals surface area (Å²) in [7, 11) is 0. The van der Waals surface area contributed by atoms with E-state index in [4.69, 9.17) is 27.9 Å². The Morgan fingerprint density at radius 3 is 2.25 bits per heavy atom. The van der Waals surface area contributed by atoms with Crippen LogP contribution in [0.3, 0.4) is 0 Å². The summed E-state index contributed by atoms with van der Waals surface area (Å²) in [5.41, 5.74) is 2.21. The van der Waals surface area contributed by atoms with E-state index < -0.39 is 0 Å². The molecule has 0 saturated carbocycles. The van der Waals surface area contributed by atoms with Crippen LogP contribution in [-0.2, 0) is 6.42 Å². The third-order valence-corrected chi connectivity index (χ3v) is 3.33. The molecule has 0 spiro atoms. The van der Waals surface area contributed by atoms with Crippen molar-refractivity contribution in [1.29, 1.82) is 0 Å². The molecule has 0 aliphatic carbocycles. The number of rotatable bonds is 6. The first-order valence-corrected chi connectivity index (χ1v) is 7.34. The molecule has 0 bridgehead atoms. The molecular formula is C16H17Cl2NO. The first-order chi connectivity index (χ1) is 9.67. The summed E-state index contributed by atoms with van der Waals surface area (Å²) in [6.07, 6.45) is 1.04. The second-order valence-electron chi connectivity index (χ2n) is 4.43. The lowest BCUT2D eigenvalue weighted by Crippen LogP contribution is -2.11. The highest BCUT2D eigenvalue weighted by atomic mass is 35.5. The zero-order chi connectivity index (χ0) is 14.4. The lowest BCUT2D eigenvalue weighted by Gasteiger charge is -2.09. The van der Waals surface area contributed by atoms with Crippen molar-refractivity contribution < 1.29 is 4.74 Å². The fourth-order valence-corrected chi connectivity index (χ4v) is 2.37. The van der Waals surface area contributed by atoms with Gasteiger partial charge in [0.1, 0.15) is 12.4 Å². The van der Waals surface area contributed by atoms with Gasteiger partial charge < -0.3 is 10.1 Å². The van der Waals surface area contributed by atoms with Gasteiger partial charge in [-0.1, -0.05) is 42.3 Å². The molecule has 2 aromatic carbocycles. The summed E-state index contributed by atoms with van der Waals surface area (Å²) in [5.74, 6) is 0.883. The molecule has 2 nitrogen and oxygen atoms in total. The zero-order valence-electron chi connectivity index (χ0n) is 11.3. The Kier molecular flexibility index (Phi) is 5.57. The maximum absolute atomic E-state index is 5.93. The maximum Gasteiger partial charge on any atom is 0.119 e. The van der Waals surface area contributed by atoms with Crippen LogP contribution in [-0.4, -0.2) is 13.2 Å². The van der Waals surface area contributed by atoms with Crippen LogP contribution >= 0.6 is 23.2 Å². The highest BCUT2D eigenvalue weighted by Gasteiger charge is 1.98. The van der Waals surface area contributed by atoms with Gasteiger partial charge in [0, 0.05) is 22.3 Å². The van der Waals surface area contributed by atoms with Gasteiger partial charge in [-0.25, -0.2) is 0 Å². The smallest absolute Gasteiger partial charge is 0.119 e. The zero-order valence-corrected chi connectivity index (χ0v) is 12.8. The van der Waals surface area contributed by atoms with Crippen molar-refractivity contribution in [2.24, 2.45) is 0 Å². The lowest BCUT2D eigenvalue weighted by atomic mass is 10.2. The first kappa shape index (κ1) is 15.0. The van der Waals surface area contributed by atoms with Gasteiger partial charge in [0.2, 0.25) is 0 Å². The minimum atomic E-state index is 0.579. The number of hydrogen-bond acceptors (Lipinski definition) is 2. The summed E-state index contributed by atoms with van der Waals surface area (Å²) in [6, 6.07) is 13.5. The van der Waals surface area contributed by atoms with Crippen LogP contribution in [0.5, 0.6) is 5.75 Å². The normalized spacial score (nSPS) is 10.3. The van der Waals surface area contributed by atoms with Crippen molar-refractivity contribution in [2.45, 2.75) is 13.3 Å². The Labute approximate surface area is 129 Å². The van der Waals surface area contributed by atoms with E-state index in [9.17, 15) is 0 Å². The Morgan fingerprint density at radius 1 is 1.00 bits per heavy atom. The average molecular weight is 310 g/mol. The molecule has 0 unspecified atom stereocenters. The van der Waals surface area contributed by atoms with Gasteiger partial charge >= 0.3 is 0 Å². The van der Waals surface area contributed by atoms with Gasteiger partial charge in [-0.05, 0) is 42.3 Å². The Balaban J connectivity index is 1.78. The van der Waals surface area contributed by atoms with Crippen LogP contribution in [0, 0.1) is 0 Å². The quantitative estimate of drug-likeness (QED) is 0.754. The molecule has 0 aromatic heterocycles. The fraction of sp³-hybridized carbons (Fsp3) is 0.250. The Hall–Kier alpha value is -1.38. The van der Waals surface area contributed by atoms with E-state index >= 15 is 0 Å². The van der Waals surface area contributed by atoms with Crippen LogP contribution in [0.2, 0.25) is 10.0 Å². The van der Waals surface area contributed by atoms with Gasteiger partial charge in [0.15, 0.2) is 0 Å². The summed E-state index contributed by atoms with van der Waals surface area (Å²) in [5, 5.41) is 4.47. The van der Waals surface area contributed by atoms with Crippen LogP contribution < -0.4 is 10.1 Å². The van der Waals surface area contributed by atoms with Crippen molar-refractivity contribution in [3.8, 4) is 5.75 Å². The number of ether oxygens (including phenoxy) is 1. The van der Waals surface area contributed by atoms with Crippen molar-refractivity contribution >= 4 is 28.9 Å². The number of hydrogen-bond donors (Lipinski definition) is 1. The molecule has 2 rings (SSSR count). The van der Waals surface area contributed by atoms with Gasteiger partial charge in [-0.2, -0.15) is 0 Å². The topological polar surface area (TPSA) is 21.3 Å². The Bertz CT molecular complexity index is 535. The molecule has 106 valence electrons. The van der Waals surface area contributed by atoms with Crippen LogP contribution in [0.1, 0.15) is 12.5 Å². The van der Waals surface area contributed by atoms with E-state index in [1.807, 2.05) is 24.3 Å². The molecule has 0 fully saturated rings. The summed E-state index contributed by atoms with van der Waals surface area (Å²) in [4.78, 5) is 0. The van der Waals surface area contributed by atoms with Crippen LogP contribution in [0.15, 0.2) is 42.5 Å². The molecular weight excluding hydrogens is 293 g/mol. The summed E-state index contributed by atoms with van der Waals surface area (Å²) in [6.45, 7) is 3.40. The average Bonchev–Trinajstić information content (AvgIpc) is 2.43. The number of halogens is 2. The van der Waals surface area contributed by atoms with E-state index in [1.165, 1.54) is 5.56 Å². The highest BCUT2D eigenvalue weighted by molar-refractivity contribution is 6.35. The van der Waals surface area contributed by atoms with E-state index in [-0.39, 0.29) is 0 Å². The molecule has 0 radical (unpaired) electrons. The minimum Gasteiger partial charge on any atom is -0.492 e. The molecule has 0 heterocycles. The SMILES string of the molecule is CCc1ccc(OCCNc2cc(Cl)cc(Cl)c2)cc1. The molecule has 0 aliphatic heterocycles. The van der Waals surface area contributed by atoms with E-state index in [0.29, 0.717) is 23.2 Å². The number of anilines is 1. The molecule has 1 N–H and O–H groups in total. The molecule has 20 heavy (non-hydrogen) atoms. The predicted octanol–water partition coefficient (Wildman–Crippen LogP) is 5.05. The monoisotopic (exact) mass is 309 g/mol. The highest BCUT2D eigenvalue weighted by Crippen LogP contribution is 2.22. The van der Waals surface area contributed by atoms with Crippen molar-refractivity contribution in [1.82, 2.24) is 0 Å². The third kappa shape index (κ3) is 4.62. The number of benzene rings is 2. The molecule has 0 atom stereocenters. The van der Waals surface area contributed by atoms with E-state index in [0.717, 1.165) is 17.9 Å². The van der Waals surface area contributed by atoms with Gasteiger partial charge in [0.25, 0.3) is 0 Å². The van der Waals surface area contributed by atoms with Crippen molar-refractivity contribution in [3.05, 3.63) is 58.1 Å². The van der Waals surface area contributed by atoms with E-state index in [1.54, 1.807) is 6.07 Å². The fourth-order valence-electron chi connectivity index (χ4n) is 1.84. The summed E-state index contributed by atoms with van der Waals surface area (Å²) < 4.78 is 5.66. The summed E-state index contributed by atoms with van der Waals surface area (Å²) >= 11 is 11.9. The maximum atomic E-state index is 5.93. The Morgan fingerprint density at radius 2 is 1.65 bits per heavy atom. The molecule has 0 aliphatic rings. The predicted molar refractivity (Wildman–Crippen MR) is 86.3 cm³/mol. The standard InChI is InChI=1S/C16H17Cl2NO/c1-2-12-3-5-16(6-4-12)20-8-7-19-15-10-13(17)9-14(18)11-15/h3-6,9-11,19H,2,7-8H2,1H3. The van der Waals surface area contributed by atoms with Crippen LogP contribution in [0.25, 0.3) is 0 Å². The van der Waals surface area contributed by atoms with Gasteiger partial charge in [-0.15, -0.1) is 0 Å². The first-order valence-electron chi connectivity index (χ1n) is 6.59. The van der Waals surface area contributed by atoms with Gasteiger partial charge in [0.05, 0.1) is 0 Å². The second kappa shape index (κ2) is 7.41. The minimum absolute atomic E-state index is 0.579. The second-order valence-corrected chi connectivity index (χ2v) is 5.30. The third-order valence-electron chi connectivity index (χ3n) is 2.89.